The fraction of sp³-hybridized carbons (Fsp3) is 0.100. The Morgan fingerprint density at radius 3 is 2.46 bits per heavy atom. The molecule has 0 saturated heterocycles. The number of hydrogen-bond donors (Lipinski definition) is 1. The number of para-hydroxylation sites is 1. The molecule has 0 bridgehead atoms. The van der Waals surface area contributed by atoms with Crippen LogP contribution in [0.3, 0.4) is 0 Å². The van der Waals surface area contributed by atoms with Gasteiger partial charge in [-0.1, -0.05) is 23.4 Å². The van der Waals surface area contributed by atoms with Gasteiger partial charge in [-0.15, -0.1) is 0 Å². The van der Waals surface area contributed by atoms with Crippen LogP contribution in [0.5, 0.6) is 0 Å². The Kier molecular flexibility index (Phi) is 4.38. The molecule has 0 saturated carbocycles. The van der Waals surface area contributed by atoms with Crippen LogP contribution in [0.1, 0.15) is 11.3 Å². The number of rotatable bonds is 4. The highest BCUT2D eigenvalue weighted by molar-refractivity contribution is 5.92. The summed E-state index contributed by atoms with van der Waals surface area (Å²) in [4.78, 5) is 12.1. The van der Waals surface area contributed by atoms with Crippen LogP contribution in [-0.2, 0) is 17.4 Å². The van der Waals surface area contributed by atoms with Gasteiger partial charge in [0.25, 0.3) is 0 Å². The second kappa shape index (κ2) is 6.88. The van der Waals surface area contributed by atoms with Crippen LogP contribution in [0, 0.1) is 0 Å². The Morgan fingerprint density at radius 1 is 1.00 bits per heavy atom. The van der Waals surface area contributed by atoms with E-state index in [1.165, 1.54) is 12.1 Å². The lowest BCUT2D eigenvalue weighted by Gasteiger charge is -2.08. The molecule has 2 heterocycles. The first-order chi connectivity index (χ1) is 13.4. The Morgan fingerprint density at radius 2 is 1.75 bits per heavy atom. The first-order valence-electron chi connectivity index (χ1n) is 8.30. The van der Waals surface area contributed by atoms with Gasteiger partial charge in [-0.3, -0.25) is 4.79 Å². The minimum absolute atomic E-state index is 0.0925. The molecule has 5 nitrogen and oxygen atoms in total. The zero-order valence-electron chi connectivity index (χ0n) is 14.3. The quantitative estimate of drug-likeness (QED) is 0.518. The summed E-state index contributed by atoms with van der Waals surface area (Å²) in [5, 5.41) is 7.29. The summed E-state index contributed by atoms with van der Waals surface area (Å²) < 4.78 is 48.6. The molecule has 0 spiro atoms. The van der Waals surface area contributed by atoms with Gasteiger partial charge >= 0.3 is 6.18 Å². The summed E-state index contributed by atoms with van der Waals surface area (Å²) in [7, 11) is 0. The molecule has 0 fully saturated rings. The molecule has 0 radical (unpaired) electrons. The molecule has 0 aliphatic carbocycles. The molecule has 2 aromatic carbocycles. The van der Waals surface area contributed by atoms with Gasteiger partial charge in [0.15, 0.2) is 5.76 Å². The van der Waals surface area contributed by atoms with E-state index < -0.39 is 17.6 Å². The van der Waals surface area contributed by atoms with E-state index in [1.807, 2.05) is 30.3 Å². The molecular weight excluding hydrogens is 373 g/mol. The predicted molar refractivity (Wildman–Crippen MR) is 95.5 cm³/mol. The van der Waals surface area contributed by atoms with Crippen LogP contribution in [-0.4, -0.2) is 11.1 Å². The van der Waals surface area contributed by atoms with Crippen molar-refractivity contribution < 1.29 is 26.9 Å². The van der Waals surface area contributed by atoms with Crippen LogP contribution >= 0.6 is 0 Å². The third kappa shape index (κ3) is 3.75. The Hall–Kier alpha value is -3.55. The predicted octanol–water partition coefficient (Wildman–Crippen LogP) is 5.29. The second-order valence-electron chi connectivity index (χ2n) is 6.13. The molecule has 1 amide bonds. The monoisotopic (exact) mass is 386 g/mol. The van der Waals surface area contributed by atoms with E-state index in [0.29, 0.717) is 22.8 Å². The SMILES string of the molecule is O=C(Cc1cc(-c2cc3ccccc3o2)on1)Nc1ccc(C(F)(F)F)cc1. The summed E-state index contributed by atoms with van der Waals surface area (Å²) in [6, 6.07) is 15.1. The normalized spacial score (nSPS) is 11.7. The van der Waals surface area contributed by atoms with Crippen LogP contribution in [0.2, 0.25) is 0 Å². The molecule has 0 aliphatic heterocycles. The van der Waals surface area contributed by atoms with Crippen molar-refractivity contribution in [2.24, 2.45) is 0 Å². The maximum atomic E-state index is 12.6. The van der Waals surface area contributed by atoms with E-state index in [-0.39, 0.29) is 12.1 Å². The maximum Gasteiger partial charge on any atom is 0.416 e. The molecule has 4 rings (SSSR count). The molecule has 142 valence electrons. The van der Waals surface area contributed by atoms with Crippen molar-refractivity contribution in [2.45, 2.75) is 12.6 Å². The average molecular weight is 386 g/mol. The van der Waals surface area contributed by atoms with Gasteiger partial charge < -0.3 is 14.3 Å². The minimum Gasteiger partial charge on any atom is -0.453 e. The topological polar surface area (TPSA) is 68.3 Å². The number of amides is 1. The van der Waals surface area contributed by atoms with Gasteiger partial charge in [-0.05, 0) is 36.4 Å². The number of benzene rings is 2. The zero-order valence-corrected chi connectivity index (χ0v) is 14.3. The highest BCUT2D eigenvalue weighted by atomic mass is 19.4. The van der Waals surface area contributed by atoms with E-state index in [2.05, 4.69) is 10.5 Å². The standard InChI is InChI=1S/C20H13F3N2O3/c21-20(22,23)13-5-7-14(8-6-13)24-19(26)11-15-10-18(28-25-15)17-9-12-3-1-2-4-16(12)27-17/h1-10H,11H2,(H,24,26). The fourth-order valence-electron chi connectivity index (χ4n) is 2.73. The second-order valence-corrected chi connectivity index (χ2v) is 6.13. The maximum absolute atomic E-state index is 12.6. The first kappa shape index (κ1) is 17.8. The van der Waals surface area contributed by atoms with E-state index in [1.54, 1.807) is 6.07 Å². The third-order valence-corrected chi connectivity index (χ3v) is 4.06. The number of nitrogens with one attached hydrogen (secondary N) is 1. The average Bonchev–Trinajstić information content (AvgIpc) is 3.27. The molecule has 0 aliphatic rings. The Labute approximate surface area is 156 Å². The van der Waals surface area contributed by atoms with Crippen molar-refractivity contribution in [2.75, 3.05) is 5.32 Å². The van der Waals surface area contributed by atoms with Crippen molar-refractivity contribution in [3.05, 3.63) is 71.9 Å². The van der Waals surface area contributed by atoms with Crippen molar-refractivity contribution >= 4 is 22.6 Å². The number of hydrogen-bond acceptors (Lipinski definition) is 4. The number of alkyl halides is 3. The summed E-state index contributed by atoms with van der Waals surface area (Å²) in [6.07, 6.45) is -4.51. The summed E-state index contributed by atoms with van der Waals surface area (Å²) >= 11 is 0. The Balaban J connectivity index is 1.42. The first-order valence-corrected chi connectivity index (χ1v) is 8.30. The van der Waals surface area contributed by atoms with Gasteiger partial charge in [0.2, 0.25) is 11.7 Å². The molecule has 4 aromatic rings. The number of aromatic nitrogens is 1. The number of carbonyl (C=O) groups is 1. The van der Waals surface area contributed by atoms with Gasteiger partial charge in [0.05, 0.1) is 17.7 Å². The van der Waals surface area contributed by atoms with E-state index in [9.17, 15) is 18.0 Å². The molecule has 28 heavy (non-hydrogen) atoms. The van der Waals surface area contributed by atoms with E-state index in [0.717, 1.165) is 17.5 Å². The number of nitrogens with zero attached hydrogens (tertiary/aromatic N) is 1. The summed E-state index contributed by atoms with van der Waals surface area (Å²) in [6.45, 7) is 0. The van der Waals surface area contributed by atoms with Gasteiger partial charge in [-0.2, -0.15) is 13.2 Å². The molecule has 2 aromatic heterocycles. The van der Waals surface area contributed by atoms with Crippen LogP contribution in [0.15, 0.2) is 69.6 Å². The zero-order chi connectivity index (χ0) is 19.7. The van der Waals surface area contributed by atoms with Gasteiger partial charge in [0.1, 0.15) is 5.58 Å². The van der Waals surface area contributed by atoms with Crippen molar-refractivity contribution in [1.82, 2.24) is 5.16 Å². The summed E-state index contributed by atoms with van der Waals surface area (Å²) in [5.74, 6) is 0.445. The van der Waals surface area contributed by atoms with Gasteiger partial charge in [-0.25, -0.2) is 0 Å². The highest BCUT2D eigenvalue weighted by Gasteiger charge is 2.30. The summed E-state index contributed by atoms with van der Waals surface area (Å²) in [5.41, 5.74) is 0.562. The largest absolute Gasteiger partial charge is 0.453 e. The number of carbonyl (C=O) groups excluding carboxylic acids is 1. The lowest BCUT2D eigenvalue weighted by Crippen LogP contribution is -2.14. The highest BCUT2D eigenvalue weighted by Crippen LogP contribution is 2.30. The lowest BCUT2D eigenvalue weighted by molar-refractivity contribution is -0.137. The fourth-order valence-corrected chi connectivity index (χ4v) is 2.73. The van der Waals surface area contributed by atoms with Crippen LogP contribution in [0.4, 0.5) is 18.9 Å². The van der Waals surface area contributed by atoms with Crippen LogP contribution in [0.25, 0.3) is 22.5 Å². The van der Waals surface area contributed by atoms with Crippen molar-refractivity contribution in [1.29, 1.82) is 0 Å². The molecule has 0 atom stereocenters. The van der Waals surface area contributed by atoms with Crippen LogP contribution < -0.4 is 5.32 Å². The van der Waals surface area contributed by atoms with E-state index >= 15 is 0 Å². The number of anilines is 1. The molecule has 8 heteroatoms. The number of fused-ring (bicyclic) bond motifs is 1. The molecule has 1 N–H and O–H groups in total. The minimum atomic E-state index is -4.42. The van der Waals surface area contributed by atoms with Gasteiger partial charge in [0, 0.05) is 17.1 Å². The molecular formula is C20H13F3N2O3. The lowest BCUT2D eigenvalue weighted by atomic mass is 10.2. The Bertz CT molecular complexity index is 1090. The van der Waals surface area contributed by atoms with Crippen molar-refractivity contribution in [3.63, 3.8) is 0 Å². The third-order valence-electron chi connectivity index (χ3n) is 4.06. The molecule has 0 unspecified atom stereocenters. The smallest absolute Gasteiger partial charge is 0.416 e. The van der Waals surface area contributed by atoms with Crippen molar-refractivity contribution in [3.8, 4) is 11.5 Å². The van der Waals surface area contributed by atoms with E-state index in [4.69, 9.17) is 8.94 Å². The number of halogens is 3. The number of furan rings is 1.